The largest absolute Gasteiger partial charge is 0.375 e. The van der Waals surface area contributed by atoms with Crippen LogP contribution in [0.2, 0.25) is 0 Å². The Morgan fingerprint density at radius 3 is 2.94 bits per heavy atom. The molecule has 0 radical (unpaired) electrons. The van der Waals surface area contributed by atoms with Gasteiger partial charge in [-0.3, -0.25) is 4.79 Å². The lowest BCUT2D eigenvalue weighted by Gasteiger charge is -2.02. The molecule has 17 heavy (non-hydrogen) atoms. The third-order valence-electron chi connectivity index (χ3n) is 1.92. The van der Waals surface area contributed by atoms with E-state index in [1.807, 2.05) is 0 Å². The van der Waals surface area contributed by atoms with Crippen molar-refractivity contribution in [1.82, 2.24) is 9.97 Å². The van der Waals surface area contributed by atoms with Gasteiger partial charge in [0.2, 0.25) is 11.9 Å². The first-order chi connectivity index (χ1) is 8.13. The Morgan fingerprint density at radius 2 is 2.35 bits per heavy atom. The van der Waals surface area contributed by atoms with Crippen LogP contribution in [0.15, 0.2) is 23.7 Å². The quantitative estimate of drug-likeness (QED) is 0.810. The Hall–Kier alpha value is -2.02. The average molecular weight is 252 g/mol. The first-order valence-corrected chi connectivity index (χ1v) is 5.63. The van der Waals surface area contributed by atoms with Gasteiger partial charge in [-0.05, 0) is 12.1 Å². The summed E-state index contributed by atoms with van der Waals surface area (Å²) in [5, 5.41) is 4.73. The fraction of sp³-hybridized carbons (Fsp3) is 0.100. The Labute approximate surface area is 101 Å². The lowest BCUT2D eigenvalue weighted by molar-refractivity contribution is -0.115. The molecule has 2 aromatic heterocycles. The second-order valence-corrected chi connectivity index (χ2v) is 4.16. The molecule has 2 rings (SSSR count). The Morgan fingerprint density at radius 1 is 1.53 bits per heavy atom. The van der Waals surface area contributed by atoms with Crippen molar-refractivity contribution < 1.29 is 9.18 Å². The first-order valence-electron chi connectivity index (χ1n) is 4.75. The van der Waals surface area contributed by atoms with E-state index in [9.17, 15) is 9.18 Å². The highest BCUT2D eigenvalue weighted by Crippen LogP contribution is 2.12. The van der Waals surface area contributed by atoms with Crippen LogP contribution in [-0.4, -0.2) is 15.9 Å². The molecule has 0 unspecified atom stereocenters. The van der Waals surface area contributed by atoms with Crippen molar-refractivity contribution >= 4 is 28.1 Å². The predicted octanol–water partition coefficient (Wildman–Crippen LogP) is 1.44. The number of hydrogen-bond acceptors (Lipinski definition) is 5. The van der Waals surface area contributed by atoms with Gasteiger partial charge >= 0.3 is 0 Å². The fourth-order valence-corrected chi connectivity index (χ4v) is 1.79. The number of nitrogens with one attached hydrogen (secondary N) is 1. The number of nitrogens with two attached hydrogens (primary N) is 1. The van der Waals surface area contributed by atoms with Crippen molar-refractivity contribution in [3.63, 3.8) is 0 Å². The topological polar surface area (TPSA) is 80.9 Å². The van der Waals surface area contributed by atoms with Crippen molar-refractivity contribution in [2.45, 2.75) is 6.42 Å². The molecule has 2 heterocycles. The van der Waals surface area contributed by atoms with Crippen LogP contribution >= 0.6 is 11.3 Å². The van der Waals surface area contributed by atoms with Crippen LogP contribution in [0.4, 0.5) is 15.2 Å². The summed E-state index contributed by atoms with van der Waals surface area (Å²) in [7, 11) is 0. The van der Waals surface area contributed by atoms with E-state index in [1.165, 1.54) is 29.7 Å². The van der Waals surface area contributed by atoms with Crippen LogP contribution in [0.1, 0.15) is 5.69 Å². The number of nitrogens with zero attached hydrogens (tertiary/aromatic N) is 2. The number of anilines is 2. The normalized spacial score (nSPS) is 10.2. The molecule has 7 heteroatoms. The molecule has 0 bridgehead atoms. The predicted molar refractivity (Wildman–Crippen MR) is 63.1 cm³/mol. The van der Waals surface area contributed by atoms with Gasteiger partial charge in [-0.15, -0.1) is 11.3 Å². The molecule has 0 aliphatic carbocycles. The minimum atomic E-state index is -0.588. The molecule has 0 saturated heterocycles. The van der Waals surface area contributed by atoms with E-state index in [4.69, 9.17) is 5.73 Å². The summed E-state index contributed by atoms with van der Waals surface area (Å²) in [6.07, 6.45) is 1.38. The molecule has 0 aliphatic heterocycles. The molecule has 5 nitrogen and oxygen atoms in total. The van der Waals surface area contributed by atoms with E-state index in [0.717, 1.165) is 0 Å². The molecule has 88 valence electrons. The van der Waals surface area contributed by atoms with E-state index in [-0.39, 0.29) is 12.3 Å². The molecule has 0 fully saturated rings. The molecule has 3 N–H and O–H groups in total. The van der Waals surface area contributed by atoms with Crippen LogP contribution in [0, 0.1) is 5.95 Å². The standard InChI is InChI=1S/C10H9FN4OS/c11-8-2-1-6(4-13-8)14-9(16)3-7-5-17-10(12)15-7/h1-2,4-5H,3H2,(H2,12,15)(H,14,16). The van der Waals surface area contributed by atoms with Gasteiger partial charge in [-0.2, -0.15) is 4.39 Å². The Balaban J connectivity index is 1.95. The number of carbonyl (C=O) groups excluding carboxylic acids is 1. The molecule has 0 aliphatic rings. The van der Waals surface area contributed by atoms with Gasteiger partial charge in [0, 0.05) is 5.38 Å². The molecule has 0 atom stereocenters. The number of nitrogen functional groups attached to an aromatic ring is 1. The maximum Gasteiger partial charge on any atom is 0.230 e. The minimum absolute atomic E-state index is 0.130. The first kappa shape index (κ1) is 11.5. The summed E-state index contributed by atoms with van der Waals surface area (Å²) in [5.41, 5.74) is 6.50. The monoisotopic (exact) mass is 252 g/mol. The van der Waals surface area contributed by atoms with E-state index < -0.39 is 5.95 Å². The molecular weight excluding hydrogens is 243 g/mol. The van der Waals surface area contributed by atoms with Crippen molar-refractivity contribution in [1.29, 1.82) is 0 Å². The van der Waals surface area contributed by atoms with Crippen LogP contribution in [0.3, 0.4) is 0 Å². The molecule has 1 amide bonds. The van der Waals surface area contributed by atoms with Crippen molar-refractivity contribution in [3.05, 3.63) is 35.4 Å². The van der Waals surface area contributed by atoms with Gasteiger partial charge in [0.1, 0.15) is 0 Å². The number of thiazole rings is 1. The zero-order chi connectivity index (χ0) is 12.3. The molecular formula is C10H9FN4OS. The highest BCUT2D eigenvalue weighted by atomic mass is 32.1. The summed E-state index contributed by atoms with van der Waals surface area (Å²) in [6.45, 7) is 0. The summed E-state index contributed by atoms with van der Waals surface area (Å²) in [6, 6.07) is 2.62. The van der Waals surface area contributed by atoms with Gasteiger partial charge in [0.15, 0.2) is 5.13 Å². The number of halogens is 1. The van der Waals surface area contributed by atoms with Gasteiger partial charge in [0.25, 0.3) is 0 Å². The fourth-order valence-electron chi connectivity index (χ4n) is 1.22. The van der Waals surface area contributed by atoms with Crippen molar-refractivity contribution in [3.8, 4) is 0 Å². The van der Waals surface area contributed by atoms with Crippen molar-refractivity contribution in [2.75, 3.05) is 11.1 Å². The van der Waals surface area contributed by atoms with Gasteiger partial charge in [0.05, 0.1) is 24.0 Å². The molecule has 2 aromatic rings. The number of rotatable bonds is 3. The van der Waals surface area contributed by atoms with E-state index in [0.29, 0.717) is 16.5 Å². The van der Waals surface area contributed by atoms with Gasteiger partial charge in [-0.1, -0.05) is 0 Å². The van der Waals surface area contributed by atoms with Crippen molar-refractivity contribution in [2.24, 2.45) is 0 Å². The Bertz CT molecular complexity index is 525. The summed E-state index contributed by atoms with van der Waals surface area (Å²) in [4.78, 5) is 19.0. The van der Waals surface area contributed by atoms with Crippen LogP contribution in [0.25, 0.3) is 0 Å². The number of amides is 1. The average Bonchev–Trinajstić information content (AvgIpc) is 2.67. The third kappa shape index (κ3) is 3.22. The maximum absolute atomic E-state index is 12.5. The second-order valence-electron chi connectivity index (χ2n) is 3.27. The summed E-state index contributed by atoms with van der Waals surface area (Å²) < 4.78 is 12.5. The zero-order valence-electron chi connectivity index (χ0n) is 8.68. The third-order valence-corrected chi connectivity index (χ3v) is 2.65. The summed E-state index contributed by atoms with van der Waals surface area (Å²) in [5.74, 6) is -0.834. The maximum atomic E-state index is 12.5. The van der Waals surface area contributed by atoms with Crippen LogP contribution in [0.5, 0.6) is 0 Å². The lowest BCUT2D eigenvalue weighted by Crippen LogP contribution is -2.14. The van der Waals surface area contributed by atoms with Gasteiger partial charge < -0.3 is 11.1 Å². The molecule has 0 spiro atoms. The Kier molecular flexibility index (Phi) is 3.29. The number of hydrogen-bond donors (Lipinski definition) is 2. The van der Waals surface area contributed by atoms with Gasteiger partial charge in [-0.25, -0.2) is 9.97 Å². The second kappa shape index (κ2) is 4.88. The highest BCUT2D eigenvalue weighted by molar-refractivity contribution is 7.13. The highest BCUT2D eigenvalue weighted by Gasteiger charge is 2.07. The number of pyridine rings is 1. The number of carbonyl (C=O) groups is 1. The van der Waals surface area contributed by atoms with Crippen LogP contribution < -0.4 is 11.1 Å². The number of aromatic nitrogens is 2. The lowest BCUT2D eigenvalue weighted by atomic mass is 10.3. The van der Waals surface area contributed by atoms with E-state index in [2.05, 4.69) is 15.3 Å². The minimum Gasteiger partial charge on any atom is -0.375 e. The molecule has 0 aromatic carbocycles. The molecule has 0 saturated carbocycles. The smallest absolute Gasteiger partial charge is 0.230 e. The summed E-state index contributed by atoms with van der Waals surface area (Å²) >= 11 is 1.28. The SMILES string of the molecule is Nc1nc(CC(=O)Nc2ccc(F)nc2)cs1. The van der Waals surface area contributed by atoms with E-state index in [1.54, 1.807) is 5.38 Å². The van der Waals surface area contributed by atoms with E-state index >= 15 is 0 Å². The zero-order valence-corrected chi connectivity index (χ0v) is 9.50. The van der Waals surface area contributed by atoms with Crippen LogP contribution in [-0.2, 0) is 11.2 Å².